The number of nitrogens with two attached hydrogens (primary N) is 1. The first-order valence-electron chi connectivity index (χ1n) is 6.89. The molecule has 3 N–H and O–H groups in total. The van der Waals surface area contributed by atoms with Gasteiger partial charge in [-0.25, -0.2) is 0 Å². The number of ether oxygens (including phenoxy) is 1. The van der Waals surface area contributed by atoms with Crippen LogP contribution in [0.4, 0.5) is 0 Å². The number of primary amides is 1. The first-order chi connectivity index (χ1) is 10.9. The monoisotopic (exact) mass is 332 g/mol. The fraction of sp³-hybridized carbons (Fsp3) is 0.176. The number of halogens is 1. The highest BCUT2D eigenvalue weighted by molar-refractivity contribution is 6.30. The highest BCUT2D eigenvalue weighted by atomic mass is 35.5. The van der Waals surface area contributed by atoms with Gasteiger partial charge in [0.05, 0.1) is 7.11 Å². The SMILES string of the molecule is COc1cccc(C(=O)N[C@@](C)(C(N)=O)c2cccc(Cl)c2)c1. The highest BCUT2D eigenvalue weighted by Gasteiger charge is 2.35. The molecule has 2 aromatic carbocycles. The molecule has 2 aromatic rings. The summed E-state index contributed by atoms with van der Waals surface area (Å²) in [5.74, 6) is -0.581. The number of nitrogens with one attached hydrogen (secondary N) is 1. The van der Waals surface area contributed by atoms with Crippen LogP contribution in [0.25, 0.3) is 0 Å². The minimum absolute atomic E-state index is 0.360. The number of methoxy groups -OCH3 is 1. The van der Waals surface area contributed by atoms with Crippen LogP contribution in [-0.4, -0.2) is 18.9 Å². The molecule has 0 aliphatic heterocycles. The molecular formula is C17H17ClN2O3. The number of rotatable bonds is 5. The molecule has 6 heteroatoms. The summed E-state index contributed by atoms with van der Waals surface area (Å²) in [6.45, 7) is 1.54. The van der Waals surface area contributed by atoms with E-state index in [1.807, 2.05) is 0 Å². The normalized spacial score (nSPS) is 13.0. The summed E-state index contributed by atoms with van der Waals surface area (Å²) in [4.78, 5) is 24.4. The molecular weight excluding hydrogens is 316 g/mol. The van der Waals surface area contributed by atoms with Crippen LogP contribution < -0.4 is 15.8 Å². The maximum absolute atomic E-state index is 12.5. The predicted molar refractivity (Wildman–Crippen MR) is 88.5 cm³/mol. The van der Waals surface area contributed by atoms with Crippen LogP contribution in [-0.2, 0) is 10.3 Å². The van der Waals surface area contributed by atoms with E-state index >= 15 is 0 Å². The summed E-state index contributed by atoms with van der Waals surface area (Å²) in [6, 6.07) is 13.3. The molecule has 5 nitrogen and oxygen atoms in total. The standard InChI is InChI=1S/C17H17ClN2O3/c1-17(16(19)22,12-6-4-7-13(18)10-12)20-15(21)11-5-3-8-14(9-11)23-2/h3-10H,1-2H3,(H2,19,22)(H,20,21)/t17-/m1/s1. The molecule has 0 fully saturated rings. The molecule has 23 heavy (non-hydrogen) atoms. The zero-order valence-electron chi connectivity index (χ0n) is 12.8. The van der Waals surface area contributed by atoms with E-state index in [4.69, 9.17) is 22.1 Å². The van der Waals surface area contributed by atoms with E-state index in [0.29, 0.717) is 21.9 Å². The molecule has 2 amide bonds. The predicted octanol–water partition coefficient (Wildman–Crippen LogP) is 2.48. The molecule has 0 unspecified atom stereocenters. The quantitative estimate of drug-likeness (QED) is 0.882. The third-order valence-electron chi connectivity index (χ3n) is 3.59. The van der Waals surface area contributed by atoms with Gasteiger partial charge in [0.15, 0.2) is 0 Å². The maximum Gasteiger partial charge on any atom is 0.252 e. The van der Waals surface area contributed by atoms with Crippen molar-refractivity contribution in [2.45, 2.75) is 12.5 Å². The number of carbonyl (C=O) groups is 2. The van der Waals surface area contributed by atoms with Crippen LogP contribution in [0.2, 0.25) is 5.02 Å². The van der Waals surface area contributed by atoms with Crippen molar-refractivity contribution in [1.29, 1.82) is 0 Å². The van der Waals surface area contributed by atoms with Crippen LogP contribution in [0.1, 0.15) is 22.8 Å². The molecule has 0 bridgehead atoms. The van der Waals surface area contributed by atoms with Crippen LogP contribution in [0.3, 0.4) is 0 Å². The Hall–Kier alpha value is -2.53. The summed E-state index contributed by atoms with van der Waals surface area (Å²) >= 11 is 5.97. The Morgan fingerprint density at radius 3 is 2.48 bits per heavy atom. The fourth-order valence-electron chi connectivity index (χ4n) is 2.14. The minimum Gasteiger partial charge on any atom is -0.497 e. The van der Waals surface area contributed by atoms with Crippen molar-refractivity contribution >= 4 is 23.4 Å². The summed E-state index contributed by atoms with van der Waals surface area (Å²) in [5.41, 5.74) is 5.00. The lowest BCUT2D eigenvalue weighted by molar-refractivity contribution is -0.123. The van der Waals surface area contributed by atoms with Crippen LogP contribution in [0.5, 0.6) is 5.75 Å². The Bertz CT molecular complexity index is 748. The average molecular weight is 333 g/mol. The van der Waals surface area contributed by atoms with Gasteiger partial charge in [0.2, 0.25) is 5.91 Å². The van der Waals surface area contributed by atoms with E-state index in [0.717, 1.165) is 0 Å². The van der Waals surface area contributed by atoms with E-state index in [2.05, 4.69) is 5.32 Å². The largest absolute Gasteiger partial charge is 0.497 e. The topological polar surface area (TPSA) is 81.4 Å². The first kappa shape index (κ1) is 16.8. The Kier molecular flexibility index (Phi) is 4.91. The van der Waals surface area contributed by atoms with Crippen molar-refractivity contribution in [3.8, 4) is 5.75 Å². The van der Waals surface area contributed by atoms with Gasteiger partial charge in [0.1, 0.15) is 11.3 Å². The molecule has 2 rings (SSSR count). The average Bonchev–Trinajstić information content (AvgIpc) is 2.54. The highest BCUT2D eigenvalue weighted by Crippen LogP contribution is 2.24. The van der Waals surface area contributed by atoms with Gasteiger partial charge in [-0.3, -0.25) is 9.59 Å². The third kappa shape index (κ3) is 3.63. The van der Waals surface area contributed by atoms with Gasteiger partial charge in [-0.1, -0.05) is 29.8 Å². The van der Waals surface area contributed by atoms with Crippen molar-refractivity contribution in [2.75, 3.05) is 7.11 Å². The van der Waals surface area contributed by atoms with E-state index in [1.165, 1.54) is 7.11 Å². The maximum atomic E-state index is 12.5. The molecule has 0 heterocycles. The van der Waals surface area contributed by atoms with Gasteiger partial charge in [-0.2, -0.15) is 0 Å². The van der Waals surface area contributed by atoms with E-state index in [-0.39, 0.29) is 0 Å². The first-order valence-corrected chi connectivity index (χ1v) is 7.27. The number of hydrogen-bond acceptors (Lipinski definition) is 3. The summed E-state index contributed by atoms with van der Waals surface area (Å²) in [5, 5.41) is 3.13. The van der Waals surface area contributed by atoms with Gasteiger partial charge < -0.3 is 15.8 Å². The Labute approximate surface area is 139 Å². The smallest absolute Gasteiger partial charge is 0.252 e. The number of carbonyl (C=O) groups excluding carboxylic acids is 2. The number of amides is 2. The summed E-state index contributed by atoms with van der Waals surface area (Å²) < 4.78 is 5.09. The number of benzene rings is 2. The molecule has 120 valence electrons. The molecule has 0 saturated heterocycles. The molecule has 1 atom stereocenters. The summed E-state index contributed by atoms with van der Waals surface area (Å²) in [7, 11) is 1.51. The molecule has 0 aliphatic rings. The van der Waals surface area contributed by atoms with Crippen LogP contribution >= 0.6 is 11.6 Å². The van der Waals surface area contributed by atoms with Gasteiger partial charge in [-0.05, 0) is 42.8 Å². The second-order valence-electron chi connectivity index (χ2n) is 5.19. The Morgan fingerprint density at radius 1 is 1.17 bits per heavy atom. The van der Waals surface area contributed by atoms with Gasteiger partial charge >= 0.3 is 0 Å². The zero-order chi connectivity index (χ0) is 17.0. The third-order valence-corrected chi connectivity index (χ3v) is 3.83. The van der Waals surface area contributed by atoms with Crippen LogP contribution in [0, 0.1) is 0 Å². The molecule has 0 aromatic heterocycles. The molecule has 0 radical (unpaired) electrons. The van der Waals surface area contributed by atoms with Crippen molar-refractivity contribution in [3.63, 3.8) is 0 Å². The lowest BCUT2D eigenvalue weighted by Crippen LogP contribution is -2.52. The van der Waals surface area contributed by atoms with E-state index in [1.54, 1.807) is 55.5 Å². The second-order valence-corrected chi connectivity index (χ2v) is 5.62. The van der Waals surface area contributed by atoms with Crippen molar-refractivity contribution in [1.82, 2.24) is 5.32 Å². The molecule has 0 spiro atoms. The van der Waals surface area contributed by atoms with Crippen molar-refractivity contribution < 1.29 is 14.3 Å². The molecule has 0 aliphatic carbocycles. The lowest BCUT2D eigenvalue weighted by Gasteiger charge is -2.28. The van der Waals surface area contributed by atoms with Gasteiger partial charge in [-0.15, -0.1) is 0 Å². The van der Waals surface area contributed by atoms with E-state index < -0.39 is 17.4 Å². The van der Waals surface area contributed by atoms with Crippen molar-refractivity contribution in [2.24, 2.45) is 5.73 Å². The van der Waals surface area contributed by atoms with E-state index in [9.17, 15) is 9.59 Å². The fourth-order valence-corrected chi connectivity index (χ4v) is 2.33. The molecule has 0 saturated carbocycles. The van der Waals surface area contributed by atoms with Gasteiger partial charge in [0, 0.05) is 10.6 Å². The minimum atomic E-state index is -1.38. The Balaban J connectivity index is 2.35. The summed E-state index contributed by atoms with van der Waals surface area (Å²) in [6.07, 6.45) is 0. The second kappa shape index (κ2) is 6.71. The lowest BCUT2D eigenvalue weighted by atomic mass is 9.90. The van der Waals surface area contributed by atoms with Crippen LogP contribution in [0.15, 0.2) is 48.5 Å². The van der Waals surface area contributed by atoms with Crippen molar-refractivity contribution in [3.05, 3.63) is 64.7 Å². The number of hydrogen-bond donors (Lipinski definition) is 2. The Morgan fingerprint density at radius 2 is 1.87 bits per heavy atom. The zero-order valence-corrected chi connectivity index (χ0v) is 13.6. The van der Waals surface area contributed by atoms with Gasteiger partial charge in [0.25, 0.3) is 5.91 Å².